The SMILES string of the molecule is Cc1nc(C)c(C(=O)N2CCOC(CCl)C2)o1. The summed E-state index contributed by atoms with van der Waals surface area (Å²) in [4.78, 5) is 18.0. The van der Waals surface area contributed by atoms with Crippen molar-refractivity contribution in [2.24, 2.45) is 0 Å². The van der Waals surface area contributed by atoms with Gasteiger partial charge in [-0.2, -0.15) is 0 Å². The smallest absolute Gasteiger partial charge is 0.291 e. The van der Waals surface area contributed by atoms with Crippen LogP contribution in [0.1, 0.15) is 22.1 Å². The molecule has 0 bridgehead atoms. The van der Waals surface area contributed by atoms with Crippen molar-refractivity contribution in [3.63, 3.8) is 0 Å². The maximum atomic E-state index is 12.2. The summed E-state index contributed by atoms with van der Waals surface area (Å²) in [7, 11) is 0. The van der Waals surface area contributed by atoms with E-state index in [0.717, 1.165) is 0 Å². The molecule has 0 radical (unpaired) electrons. The molecule has 1 amide bonds. The molecular formula is C11H15ClN2O3. The predicted molar refractivity (Wildman–Crippen MR) is 62.3 cm³/mol. The van der Waals surface area contributed by atoms with E-state index in [0.29, 0.717) is 42.9 Å². The fourth-order valence-corrected chi connectivity index (χ4v) is 2.06. The van der Waals surface area contributed by atoms with Gasteiger partial charge in [0.25, 0.3) is 5.91 Å². The number of alkyl halides is 1. The summed E-state index contributed by atoms with van der Waals surface area (Å²) in [6.07, 6.45) is -0.0984. The lowest BCUT2D eigenvalue weighted by molar-refractivity contribution is -0.0119. The molecule has 1 fully saturated rings. The van der Waals surface area contributed by atoms with Gasteiger partial charge in [0.1, 0.15) is 0 Å². The minimum Gasteiger partial charge on any atom is -0.436 e. The summed E-state index contributed by atoms with van der Waals surface area (Å²) >= 11 is 5.73. The number of oxazole rings is 1. The fourth-order valence-electron chi connectivity index (χ4n) is 1.87. The Morgan fingerprint density at radius 2 is 2.35 bits per heavy atom. The zero-order valence-corrected chi connectivity index (χ0v) is 10.7. The normalized spacial score (nSPS) is 20.6. The number of nitrogens with zero attached hydrogens (tertiary/aromatic N) is 2. The summed E-state index contributed by atoms with van der Waals surface area (Å²) in [5.41, 5.74) is 0.626. The molecule has 1 atom stereocenters. The number of carbonyl (C=O) groups excluding carboxylic acids is 1. The summed E-state index contributed by atoms with van der Waals surface area (Å²) < 4.78 is 10.7. The Labute approximate surface area is 105 Å². The molecule has 0 aromatic carbocycles. The second kappa shape index (κ2) is 5.06. The van der Waals surface area contributed by atoms with Crippen molar-refractivity contribution in [3.8, 4) is 0 Å². The molecule has 0 spiro atoms. The molecule has 0 N–H and O–H groups in total. The number of hydrogen-bond acceptors (Lipinski definition) is 4. The van der Waals surface area contributed by atoms with E-state index in [1.54, 1.807) is 18.7 Å². The number of rotatable bonds is 2. The first kappa shape index (κ1) is 12.4. The van der Waals surface area contributed by atoms with E-state index in [2.05, 4.69) is 4.98 Å². The molecule has 6 heteroatoms. The monoisotopic (exact) mass is 258 g/mol. The lowest BCUT2D eigenvalue weighted by Gasteiger charge is -2.31. The standard InChI is InChI=1S/C11H15ClN2O3/c1-7-10(17-8(2)13-7)11(15)14-3-4-16-9(5-12)6-14/h9H,3-6H2,1-2H3. The lowest BCUT2D eigenvalue weighted by atomic mass is 10.2. The average molecular weight is 259 g/mol. The molecule has 2 heterocycles. The molecule has 1 unspecified atom stereocenters. The number of carbonyl (C=O) groups is 1. The number of ether oxygens (including phenoxy) is 1. The maximum Gasteiger partial charge on any atom is 0.291 e. The summed E-state index contributed by atoms with van der Waals surface area (Å²) in [5, 5.41) is 0. The van der Waals surface area contributed by atoms with Crippen molar-refractivity contribution in [3.05, 3.63) is 17.3 Å². The van der Waals surface area contributed by atoms with Gasteiger partial charge in [-0.25, -0.2) is 4.98 Å². The van der Waals surface area contributed by atoms with Gasteiger partial charge in [0.05, 0.1) is 24.3 Å². The Morgan fingerprint density at radius 3 is 2.94 bits per heavy atom. The highest BCUT2D eigenvalue weighted by Crippen LogP contribution is 2.15. The van der Waals surface area contributed by atoms with E-state index >= 15 is 0 Å². The largest absolute Gasteiger partial charge is 0.436 e. The van der Waals surface area contributed by atoms with Crippen molar-refractivity contribution in [1.29, 1.82) is 0 Å². The molecule has 17 heavy (non-hydrogen) atoms. The third kappa shape index (κ3) is 2.61. The highest BCUT2D eigenvalue weighted by Gasteiger charge is 2.27. The first-order chi connectivity index (χ1) is 8.11. The number of halogens is 1. The van der Waals surface area contributed by atoms with E-state index in [-0.39, 0.29) is 12.0 Å². The molecule has 1 aromatic rings. The summed E-state index contributed by atoms with van der Waals surface area (Å²) in [5.74, 6) is 1.07. The minimum absolute atomic E-state index is 0.0984. The van der Waals surface area contributed by atoms with Crippen LogP contribution in [0.25, 0.3) is 0 Å². The third-order valence-electron chi connectivity index (χ3n) is 2.70. The molecule has 1 aromatic heterocycles. The second-order valence-electron chi connectivity index (χ2n) is 4.05. The minimum atomic E-state index is -0.137. The quantitative estimate of drug-likeness (QED) is 0.752. The Hall–Kier alpha value is -1.07. The van der Waals surface area contributed by atoms with Crippen LogP contribution in [0.5, 0.6) is 0 Å². The molecule has 1 saturated heterocycles. The van der Waals surface area contributed by atoms with Crippen LogP contribution in [0.3, 0.4) is 0 Å². The fraction of sp³-hybridized carbons (Fsp3) is 0.636. The highest BCUT2D eigenvalue weighted by molar-refractivity contribution is 6.18. The van der Waals surface area contributed by atoms with Gasteiger partial charge in [0, 0.05) is 20.0 Å². The van der Waals surface area contributed by atoms with Crippen molar-refractivity contribution >= 4 is 17.5 Å². The maximum absolute atomic E-state index is 12.2. The van der Waals surface area contributed by atoms with Crippen LogP contribution >= 0.6 is 11.6 Å². The first-order valence-corrected chi connectivity index (χ1v) is 6.06. The lowest BCUT2D eigenvalue weighted by Crippen LogP contribution is -2.46. The average Bonchev–Trinajstić information content (AvgIpc) is 2.67. The summed E-state index contributed by atoms with van der Waals surface area (Å²) in [6.45, 7) is 5.07. The number of aromatic nitrogens is 1. The number of aryl methyl sites for hydroxylation is 2. The van der Waals surface area contributed by atoms with Crippen molar-refractivity contribution in [2.75, 3.05) is 25.6 Å². The molecule has 0 aliphatic carbocycles. The molecule has 1 aliphatic heterocycles. The van der Waals surface area contributed by atoms with Gasteiger partial charge < -0.3 is 14.1 Å². The van der Waals surface area contributed by atoms with E-state index in [9.17, 15) is 4.79 Å². The Morgan fingerprint density at radius 1 is 1.59 bits per heavy atom. The first-order valence-electron chi connectivity index (χ1n) is 5.52. The highest BCUT2D eigenvalue weighted by atomic mass is 35.5. The Kier molecular flexibility index (Phi) is 3.69. The Bertz CT molecular complexity index is 419. The molecule has 94 valence electrons. The van der Waals surface area contributed by atoms with Crippen LogP contribution in [0.4, 0.5) is 0 Å². The molecule has 2 rings (SSSR count). The van der Waals surface area contributed by atoms with Crippen molar-refractivity contribution in [2.45, 2.75) is 20.0 Å². The van der Waals surface area contributed by atoms with Crippen molar-refractivity contribution < 1.29 is 13.9 Å². The topological polar surface area (TPSA) is 55.6 Å². The van der Waals surface area contributed by atoms with E-state index in [1.807, 2.05) is 0 Å². The van der Waals surface area contributed by atoms with Gasteiger partial charge in [-0.3, -0.25) is 4.79 Å². The molecular weight excluding hydrogens is 244 g/mol. The zero-order chi connectivity index (χ0) is 12.4. The van der Waals surface area contributed by atoms with Gasteiger partial charge in [-0.05, 0) is 6.92 Å². The number of amides is 1. The third-order valence-corrected chi connectivity index (χ3v) is 3.04. The van der Waals surface area contributed by atoms with Gasteiger partial charge >= 0.3 is 0 Å². The van der Waals surface area contributed by atoms with Crippen LogP contribution in [0.2, 0.25) is 0 Å². The number of morpholine rings is 1. The van der Waals surface area contributed by atoms with Crippen LogP contribution in [-0.4, -0.2) is 47.5 Å². The van der Waals surface area contributed by atoms with Gasteiger partial charge in [-0.15, -0.1) is 11.6 Å². The van der Waals surface area contributed by atoms with Crippen LogP contribution in [0.15, 0.2) is 4.42 Å². The van der Waals surface area contributed by atoms with E-state index in [4.69, 9.17) is 20.8 Å². The van der Waals surface area contributed by atoms with Crippen LogP contribution in [-0.2, 0) is 4.74 Å². The van der Waals surface area contributed by atoms with E-state index < -0.39 is 0 Å². The van der Waals surface area contributed by atoms with Crippen LogP contribution in [0, 0.1) is 13.8 Å². The molecule has 0 saturated carbocycles. The van der Waals surface area contributed by atoms with E-state index in [1.165, 1.54) is 0 Å². The predicted octanol–water partition coefficient (Wildman–Crippen LogP) is 1.37. The van der Waals surface area contributed by atoms with Crippen molar-refractivity contribution in [1.82, 2.24) is 9.88 Å². The zero-order valence-electron chi connectivity index (χ0n) is 9.90. The van der Waals surface area contributed by atoms with Gasteiger partial charge in [-0.1, -0.05) is 0 Å². The summed E-state index contributed by atoms with van der Waals surface area (Å²) in [6, 6.07) is 0. The second-order valence-corrected chi connectivity index (χ2v) is 4.35. The van der Waals surface area contributed by atoms with Gasteiger partial charge in [0.15, 0.2) is 5.89 Å². The van der Waals surface area contributed by atoms with Gasteiger partial charge in [0.2, 0.25) is 5.76 Å². The Balaban J connectivity index is 2.12. The number of hydrogen-bond donors (Lipinski definition) is 0. The molecule has 1 aliphatic rings. The molecule has 5 nitrogen and oxygen atoms in total. The van der Waals surface area contributed by atoms with Crippen LogP contribution < -0.4 is 0 Å².